The quantitative estimate of drug-likeness (QED) is 0.882. The summed E-state index contributed by atoms with van der Waals surface area (Å²) in [6.45, 7) is 5.41. The fourth-order valence-electron chi connectivity index (χ4n) is 4.45. The van der Waals surface area contributed by atoms with Crippen LogP contribution in [0.25, 0.3) is 0 Å². The SMILES string of the molecule is COc1ccc(C)cc1NC(=O)N1CCCC2(CCc3cnc(C)nc32)C1. The van der Waals surface area contributed by atoms with Crippen molar-refractivity contribution in [1.82, 2.24) is 14.9 Å². The number of hydrogen-bond acceptors (Lipinski definition) is 4. The van der Waals surface area contributed by atoms with Gasteiger partial charge in [-0.1, -0.05) is 6.07 Å². The summed E-state index contributed by atoms with van der Waals surface area (Å²) in [6.07, 6.45) is 6.06. The van der Waals surface area contributed by atoms with Crippen LogP contribution in [0.4, 0.5) is 10.5 Å². The highest BCUT2D eigenvalue weighted by Crippen LogP contribution is 2.44. The second-order valence-corrected chi connectivity index (χ2v) is 7.73. The van der Waals surface area contributed by atoms with Crippen molar-refractivity contribution < 1.29 is 9.53 Å². The van der Waals surface area contributed by atoms with Crippen LogP contribution >= 0.6 is 0 Å². The van der Waals surface area contributed by atoms with Crippen molar-refractivity contribution in [3.8, 4) is 5.75 Å². The number of hydrogen-bond donors (Lipinski definition) is 1. The smallest absolute Gasteiger partial charge is 0.321 e. The lowest BCUT2D eigenvalue weighted by atomic mass is 9.77. The maximum Gasteiger partial charge on any atom is 0.321 e. The van der Waals surface area contributed by atoms with Gasteiger partial charge in [-0.15, -0.1) is 0 Å². The Labute approximate surface area is 160 Å². The van der Waals surface area contributed by atoms with Crippen LogP contribution < -0.4 is 10.1 Å². The Morgan fingerprint density at radius 2 is 2.15 bits per heavy atom. The summed E-state index contributed by atoms with van der Waals surface area (Å²) in [5.74, 6) is 1.48. The van der Waals surface area contributed by atoms with Gasteiger partial charge >= 0.3 is 6.03 Å². The first kappa shape index (κ1) is 17.8. The molecular weight excluding hydrogens is 340 g/mol. The monoisotopic (exact) mass is 366 g/mol. The molecule has 2 heterocycles. The van der Waals surface area contributed by atoms with Crippen LogP contribution in [0, 0.1) is 13.8 Å². The molecule has 1 saturated heterocycles. The summed E-state index contributed by atoms with van der Waals surface area (Å²) < 4.78 is 5.39. The number of carbonyl (C=O) groups is 1. The third kappa shape index (κ3) is 3.24. The van der Waals surface area contributed by atoms with Gasteiger partial charge in [-0.05, 0) is 62.8 Å². The van der Waals surface area contributed by atoms with Crippen LogP contribution in [-0.2, 0) is 11.8 Å². The predicted octanol–water partition coefficient (Wildman–Crippen LogP) is 3.61. The number of fused-ring (bicyclic) bond motifs is 2. The average molecular weight is 366 g/mol. The first-order valence-electron chi connectivity index (χ1n) is 9.54. The first-order chi connectivity index (χ1) is 13.0. The highest BCUT2D eigenvalue weighted by atomic mass is 16.5. The summed E-state index contributed by atoms with van der Waals surface area (Å²) in [6, 6.07) is 5.73. The molecule has 27 heavy (non-hydrogen) atoms. The van der Waals surface area contributed by atoms with Crippen LogP contribution in [-0.4, -0.2) is 41.1 Å². The number of rotatable bonds is 2. The lowest BCUT2D eigenvalue weighted by Crippen LogP contribution is -2.49. The van der Waals surface area contributed by atoms with E-state index < -0.39 is 0 Å². The maximum absolute atomic E-state index is 13.0. The summed E-state index contributed by atoms with van der Waals surface area (Å²) in [5, 5.41) is 3.04. The Morgan fingerprint density at radius 3 is 2.96 bits per heavy atom. The Bertz CT molecular complexity index is 878. The standard InChI is InChI=1S/C21H26N4O2/c1-14-5-6-18(27-3)17(11-14)24-20(26)25-10-4-8-21(13-25)9-7-16-12-22-15(2)23-19(16)21/h5-6,11-12H,4,7-10,13H2,1-3H3,(H,24,26). The van der Waals surface area contributed by atoms with Crippen molar-refractivity contribution >= 4 is 11.7 Å². The van der Waals surface area contributed by atoms with Gasteiger partial charge in [-0.2, -0.15) is 0 Å². The van der Waals surface area contributed by atoms with E-state index in [1.54, 1.807) is 7.11 Å². The molecule has 1 aliphatic heterocycles. The molecule has 1 atom stereocenters. The average Bonchev–Trinajstić information content (AvgIpc) is 2.99. The second kappa shape index (κ2) is 6.83. The van der Waals surface area contributed by atoms with Crippen LogP contribution in [0.1, 0.15) is 41.9 Å². The Balaban J connectivity index is 1.55. The number of methoxy groups -OCH3 is 1. The molecule has 6 nitrogen and oxygen atoms in total. The van der Waals surface area contributed by atoms with Crippen LogP contribution in [0.5, 0.6) is 5.75 Å². The minimum atomic E-state index is -0.0720. The zero-order chi connectivity index (χ0) is 19.0. The zero-order valence-electron chi connectivity index (χ0n) is 16.2. The Morgan fingerprint density at radius 1 is 1.30 bits per heavy atom. The molecule has 1 aromatic carbocycles. The summed E-state index contributed by atoms with van der Waals surface area (Å²) in [7, 11) is 1.62. The lowest BCUT2D eigenvalue weighted by molar-refractivity contribution is 0.157. The molecular formula is C21H26N4O2. The number of benzene rings is 1. The van der Waals surface area contributed by atoms with E-state index in [0.29, 0.717) is 18.0 Å². The number of nitrogens with one attached hydrogen (secondary N) is 1. The number of piperidine rings is 1. The van der Waals surface area contributed by atoms with Crippen LogP contribution in [0.2, 0.25) is 0 Å². The highest BCUT2D eigenvalue weighted by Gasteiger charge is 2.44. The lowest BCUT2D eigenvalue weighted by Gasteiger charge is -2.40. The molecule has 0 bridgehead atoms. The third-order valence-corrected chi connectivity index (χ3v) is 5.82. The third-order valence-electron chi connectivity index (χ3n) is 5.82. The van der Waals surface area contributed by atoms with Gasteiger partial charge in [0, 0.05) is 24.7 Å². The highest BCUT2D eigenvalue weighted by molar-refractivity contribution is 5.91. The molecule has 2 aliphatic rings. The molecule has 1 unspecified atom stereocenters. The van der Waals surface area contributed by atoms with E-state index in [2.05, 4.69) is 10.3 Å². The molecule has 1 aliphatic carbocycles. The molecule has 0 radical (unpaired) electrons. The Kier molecular flexibility index (Phi) is 4.50. The minimum absolute atomic E-state index is 0.0324. The van der Waals surface area contributed by atoms with E-state index in [9.17, 15) is 4.79 Å². The van der Waals surface area contributed by atoms with Gasteiger partial charge < -0.3 is 15.0 Å². The van der Waals surface area contributed by atoms with Gasteiger partial charge in [-0.3, -0.25) is 0 Å². The Hall–Kier alpha value is -2.63. The molecule has 1 fully saturated rings. The second-order valence-electron chi connectivity index (χ2n) is 7.73. The normalized spacial score (nSPS) is 21.2. The molecule has 4 rings (SSSR count). The number of amides is 2. The first-order valence-corrected chi connectivity index (χ1v) is 9.54. The van der Waals surface area contributed by atoms with Crippen molar-refractivity contribution in [2.24, 2.45) is 0 Å². The van der Waals surface area contributed by atoms with E-state index in [4.69, 9.17) is 9.72 Å². The van der Waals surface area contributed by atoms with Gasteiger partial charge in [-0.25, -0.2) is 14.8 Å². The number of ether oxygens (including phenoxy) is 1. The number of urea groups is 1. The fraction of sp³-hybridized carbons (Fsp3) is 0.476. The number of likely N-dealkylation sites (tertiary alicyclic amines) is 1. The van der Waals surface area contributed by atoms with E-state index in [-0.39, 0.29) is 11.4 Å². The topological polar surface area (TPSA) is 67.3 Å². The molecule has 0 saturated carbocycles. The molecule has 2 aromatic rings. The van der Waals surface area contributed by atoms with Crippen LogP contribution in [0.15, 0.2) is 24.4 Å². The number of anilines is 1. The molecule has 142 valence electrons. The van der Waals surface area contributed by atoms with E-state index in [1.807, 2.05) is 43.1 Å². The molecule has 2 amide bonds. The van der Waals surface area contributed by atoms with Crippen molar-refractivity contribution in [3.05, 3.63) is 47.0 Å². The van der Waals surface area contributed by atoms with Gasteiger partial charge in [0.25, 0.3) is 0 Å². The molecule has 1 spiro atoms. The maximum atomic E-state index is 13.0. The van der Waals surface area contributed by atoms with Gasteiger partial charge in [0.15, 0.2) is 0 Å². The van der Waals surface area contributed by atoms with Crippen LogP contribution in [0.3, 0.4) is 0 Å². The molecule has 6 heteroatoms. The number of aromatic nitrogens is 2. The van der Waals surface area contributed by atoms with Gasteiger partial charge in [0.2, 0.25) is 0 Å². The van der Waals surface area contributed by atoms with Crippen molar-refractivity contribution in [2.45, 2.75) is 44.9 Å². The van der Waals surface area contributed by atoms with Gasteiger partial charge in [0.1, 0.15) is 11.6 Å². The minimum Gasteiger partial charge on any atom is -0.495 e. The van der Waals surface area contributed by atoms with E-state index >= 15 is 0 Å². The van der Waals surface area contributed by atoms with Crippen molar-refractivity contribution in [3.63, 3.8) is 0 Å². The summed E-state index contributed by atoms with van der Waals surface area (Å²) >= 11 is 0. The van der Waals surface area contributed by atoms with E-state index in [0.717, 1.165) is 49.3 Å². The zero-order valence-corrected chi connectivity index (χ0v) is 16.2. The van der Waals surface area contributed by atoms with Gasteiger partial charge in [0.05, 0.1) is 18.5 Å². The molecule has 1 N–H and O–H groups in total. The number of nitrogens with zero attached hydrogens (tertiary/aromatic N) is 3. The summed E-state index contributed by atoms with van der Waals surface area (Å²) in [5.41, 5.74) is 4.16. The number of carbonyl (C=O) groups excluding carboxylic acids is 1. The van der Waals surface area contributed by atoms with E-state index in [1.165, 1.54) is 5.56 Å². The fourth-order valence-corrected chi connectivity index (χ4v) is 4.45. The molecule has 1 aromatic heterocycles. The summed E-state index contributed by atoms with van der Waals surface area (Å²) in [4.78, 5) is 24.0. The van der Waals surface area contributed by atoms with Crippen molar-refractivity contribution in [1.29, 1.82) is 0 Å². The predicted molar refractivity (Wildman–Crippen MR) is 104 cm³/mol. The number of aryl methyl sites for hydroxylation is 3. The van der Waals surface area contributed by atoms with Crippen molar-refractivity contribution in [2.75, 3.05) is 25.5 Å². The largest absolute Gasteiger partial charge is 0.495 e.